The summed E-state index contributed by atoms with van der Waals surface area (Å²) in [5.41, 5.74) is 8.02. The fourth-order valence-corrected chi connectivity index (χ4v) is 2.56. The summed E-state index contributed by atoms with van der Waals surface area (Å²) in [7, 11) is 0. The first-order valence-electron chi connectivity index (χ1n) is 7.34. The van der Waals surface area contributed by atoms with E-state index in [2.05, 4.69) is 4.98 Å². The zero-order valence-electron chi connectivity index (χ0n) is 15.0. The van der Waals surface area contributed by atoms with Crippen LogP contribution in [0.2, 0.25) is 0 Å². The Balaban J connectivity index is 0.00000182. The average Bonchev–Trinajstić information content (AvgIpc) is 2.61. The Morgan fingerprint density at radius 1 is 1.12 bits per heavy atom. The minimum atomic E-state index is -1.07. The number of carboxylic acids is 1. The molecule has 0 aliphatic rings. The Kier molecular flexibility index (Phi) is 6.01. The van der Waals surface area contributed by atoms with Gasteiger partial charge in [0.25, 0.3) is 0 Å². The minimum Gasteiger partial charge on any atom is -1.00 e. The summed E-state index contributed by atoms with van der Waals surface area (Å²) >= 11 is 0. The van der Waals surface area contributed by atoms with Gasteiger partial charge in [-0.05, 0) is 35.9 Å². The van der Waals surface area contributed by atoms with Crippen molar-refractivity contribution in [1.29, 1.82) is 5.26 Å². The van der Waals surface area contributed by atoms with Crippen molar-refractivity contribution in [2.75, 3.05) is 5.73 Å². The van der Waals surface area contributed by atoms with Gasteiger partial charge in [0.15, 0.2) is 0 Å². The summed E-state index contributed by atoms with van der Waals surface area (Å²) in [5.74, 6) is -1.02. The number of anilines is 1. The maximum atomic E-state index is 11.2. The normalized spacial score (nSPS) is 9.81. The molecule has 1 heterocycles. The van der Waals surface area contributed by atoms with Gasteiger partial charge in [-0.2, -0.15) is 5.26 Å². The first kappa shape index (κ1) is 19.5. The zero-order valence-corrected chi connectivity index (χ0v) is 16.0. The number of rotatable bonds is 3. The minimum absolute atomic E-state index is 0. The van der Waals surface area contributed by atoms with Gasteiger partial charge in [-0.1, -0.05) is 24.3 Å². The number of carbonyl (C=O) groups is 1. The number of aromatic carboxylic acids is 1. The van der Waals surface area contributed by atoms with Crippen molar-refractivity contribution < 1.29 is 46.0 Å². The topological polar surface area (TPSA) is 120 Å². The standard InChI is InChI=1S/C19H13N3O3.Na.H/c20-10-15-14(11-4-3-5-12(8-11)19(24)25)9-16(22-18(15)21)13-6-1-2-7-17(13)23;;/h1-9,23H,(H2,21,22)(H,24,25);;/q;+1;-1. The van der Waals surface area contributed by atoms with E-state index in [1.807, 2.05) is 6.07 Å². The zero-order chi connectivity index (χ0) is 18.0. The third kappa shape index (κ3) is 3.70. The van der Waals surface area contributed by atoms with Gasteiger partial charge in [0.1, 0.15) is 23.2 Å². The molecule has 0 unspecified atom stereocenters. The van der Waals surface area contributed by atoms with Gasteiger partial charge in [-0.3, -0.25) is 0 Å². The van der Waals surface area contributed by atoms with Crippen molar-refractivity contribution in [3.8, 4) is 34.2 Å². The van der Waals surface area contributed by atoms with E-state index < -0.39 is 5.97 Å². The van der Waals surface area contributed by atoms with Crippen molar-refractivity contribution >= 4 is 11.8 Å². The molecule has 3 rings (SSSR count). The second-order valence-electron chi connectivity index (χ2n) is 5.33. The number of aromatic hydroxyl groups is 1. The second kappa shape index (κ2) is 8.02. The van der Waals surface area contributed by atoms with Crippen LogP contribution in [0.5, 0.6) is 5.75 Å². The molecule has 0 aliphatic carbocycles. The first-order valence-corrected chi connectivity index (χ1v) is 7.34. The number of phenolic OH excluding ortho intramolecular Hbond substituents is 1. The van der Waals surface area contributed by atoms with E-state index in [4.69, 9.17) is 5.73 Å². The number of benzene rings is 2. The molecule has 0 saturated heterocycles. The van der Waals surface area contributed by atoms with Gasteiger partial charge in [-0.25, -0.2) is 9.78 Å². The Morgan fingerprint density at radius 3 is 2.50 bits per heavy atom. The summed E-state index contributed by atoms with van der Waals surface area (Å²) in [6.45, 7) is 0. The molecule has 3 aromatic rings. The van der Waals surface area contributed by atoms with E-state index >= 15 is 0 Å². The van der Waals surface area contributed by atoms with Crippen LogP contribution in [-0.4, -0.2) is 21.2 Å². The van der Waals surface area contributed by atoms with Crippen LogP contribution < -0.4 is 35.3 Å². The van der Waals surface area contributed by atoms with Crippen molar-refractivity contribution in [2.45, 2.75) is 0 Å². The molecule has 0 aliphatic heterocycles. The van der Waals surface area contributed by atoms with Crippen LogP contribution in [0, 0.1) is 11.3 Å². The number of pyridine rings is 1. The number of hydrogen-bond donors (Lipinski definition) is 3. The Morgan fingerprint density at radius 2 is 1.85 bits per heavy atom. The third-order valence-electron chi connectivity index (χ3n) is 3.76. The summed E-state index contributed by atoms with van der Waals surface area (Å²) in [5, 5.41) is 28.6. The van der Waals surface area contributed by atoms with Crippen molar-refractivity contribution in [3.63, 3.8) is 0 Å². The summed E-state index contributed by atoms with van der Waals surface area (Å²) < 4.78 is 0. The fraction of sp³-hybridized carbons (Fsp3) is 0. The van der Waals surface area contributed by atoms with Gasteiger partial charge in [0.2, 0.25) is 0 Å². The molecule has 0 radical (unpaired) electrons. The van der Waals surface area contributed by atoms with Crippen LogP contribution in [0.4, 0.5) is 5.82 Å². The Hall–Kier alpha value is -2.85. The number of carboxylic acid groups (broad SMARTS) is 1. The van der Waals surface area contributed by atoms with Gasteiger partial charge in [-0.15, -0.1) is 0 Å². The molecule has 2 aromatic carbocycles. The predicted octanol–water partition coefficient (Wildman–Crippen LogP) is 0.390. The quantitative estimate of drug-likeness (QED) is 0.585. The molecule has 1 aromatic heterocycles. The number of para-hydroxylation sites is 1. The molecule has 7 heteroatoms. The summed E-state index contributed by atoms with van der Waals surface area (Å²) in [6, 6.07) is 16.5. The van der Waals surface area contributed by atoms with Crippen LogP contribution in [0.15, 0.2) is 54.6 Å². The fourth-order valence-electron chi connectivity index (χ4n) is 2.56. The monoisotopic (exact) mass is 355 g/mol. The number of nitriles is 1. The van der Waals surface area contributed by atoms with Crippen LogP contribution >= 0.6 is 0 Å². The predicted molar refractivity (Wildman–Crippen MR) is 94.0 cm³/mol. The van der Waals surface area contributed by atoms with Crippen LogP contribution in [0.1, 0.15) is 17.3 Å². The molecule has 0 bridgehead atoms. The number of hydrogen-bond acceptors (Lipinski definition) is 5. The molecule has 6 nitrogen and oxygen atoms in total. The van der Waals surface area contributed by atoms with E-state index in [9.17, 15) is 20.3 Å². The van der Waals surface area contributed by atoms with Crippen molar-refractivity contribution in [2.24, 2.45) is 0 Å². The van der Waals surface area contributed by atoms with E-state index in [1.54, 1.807) is 36.4 Å². The summed E-state index contributed by atoms with van der Waals surface area (Å²) in [4.78, 5) is 15.4. The molecule has 0 spiro atoms. The molecule has 4 N–H and O–H groups in total. The average molecular weight is 355 g/mol. The van der Waals surface area contributed by atoms with Crippen molar-refractivity contribution in [3.05, 3.63) is 65.7 Å². The Bertz CT molecular complexity index is 1030. The van der Waals surface area contributed by atoms with E-state index in [0.29, 0.717) is 22.4 Å². The number of aromatic nitrogens is 1. The maximum Gasteiger partial charge on any atom is 1.00 e. The maximum absolute atomic E-state index is 11.2. The van der Waals surface area contributed by atoms with Gasteiger partial charge < -0.3 is 17.4 Å². The summed E-state index contributed by atoms with van der Waals surface area (Å²) in [6.07, 6.45) is 0. The van der Waals surface area contributed by atoms with E-state index in [0.717, 1.165) is 0 Å². The largest absolute Gasteiger partial charge is 1.00 e. The molecular weight excluding hydrogens is 341 g/mol. The van der Waals surface area contributed by atoms with E-state index in [-0.39, 0.29) is 53.7 Å². The molecule has 0 saturated carbocycles. The molecular formula is C19H14N3NaO3. The van der Waals surface area contributed by atoms with Gasteiger partial charge in [0.05, 0.1) is 11.3 Å². The molecule has 0 atom stereocenters. The third-order valence-corrected chi connectivity index (χ3v) is 3.76. The number of nitrogens with two attached hydrogens (primary N) is 1. The Labute approximate surface area is 173 Å². The number of phenols is 1. The van der Waals surface area contributed by atoms with Crippen LogP contribution in [0.3, 0.4) is 0 Å². The SMILES string of the molecule is N#Cc1c(-c2cccc(C(=O)O)c2)cc(-c2ccccc2O)nc1N.[H-].[Na+]. The molecule has 0 amide bonds. The number of nitrogens with zero attached hydrogens (tertiary/aromatic N) is 2. The molecule has 0 fully saturated rings. The van der Waals surface area contributed by atoms with Crippen LogP contribution in [0.25, 0.3) is 22.4 Å². The van der Waals surface area contributed by atoms with Crippen LogP contribution in [-0.2, 0) is 0 Å². The first-order chi connectivity index (χ1) is 12.0. The van der Waals surface area contributed by atoms with E-state index in [1.165, 1.54) is 18.2 Å². The van der Waals surface area contributed by atoms with Gasteiger partial charge in [0, 0.05) is 11.1 Å². The van der Waals surface area contributed by atoms with Crippen molar-refractivity contribution in [1.82, 2.24) is 4.98 Å². The smallest absolute Gasteiger partial charge is 1.00 e. The second-order valence-corrected chi connectivity index (χ2v) is 5.33. The molecule has 124 valence electrons. The molecule has 26 heavy (non-hydrogen) atoms. The van der Waals surface area contributed by atoms with Gasteiger partial charge >= 0.3 is 35.5 Å². The number of nitrogen functional groups attached to an aromatic ring is 1.